The number of aromatic nitrogens is 2. The van der Waals surface area contributed by atoms with Crippen molar-refractivity contribution in [2.75, 3.05) is 0 Å². The number of fused-ring (bicyclic) bond motifs is 6. The van der Waals surface area contributed by atoms with Gasteiger partial charge in [0.1, 0.15) is 6.07 Å². The van der Waals surface area contributed by atoms with Crippen molar-refractivity contribution in [3.8, 4) is 51.8 Å². The number of rotatable bonds is 4. The molecule has 9 rings (SSSR count). The Balaban J connectivity index is 1.21. The Hall–Kier alpha value is -7.39. The van der Waals surface area contributed by atoms with Gasteiger partial charge in [0.15, 0.2) is 0 Å². The zero-order chi connectivity index (χ0) is 33.8. The van der Waals surface area contributed by atoms with Gasteiger partial charge in [0, 0.05) is 38.4 Å². The van der Waals surface area contributed by atoms with E-state index < -0.39 is 0 Å². The molecule has 7 aromatic carbocycles. The lowest BCUT2D eigenvalue weighted by Crippen LogP contribution is -2.01. The Labute approximate surface area is 287 Å². The highest BCUT2D eigenvalue weighted by Gasteiger charge is 2.21. The van der Waals surface area contributed by atoms with Gasteiger partial charge < -0.3 is 9.13 Å². The minimum atomic E-state index is 0.519. The Morgan fingerprint density at radius 3 is 1.66 bits per heavy atom. The summed E-state index contributed by atoms with van der Waals surface area (Å²) in [7, 11) is 0. The van der Waals surface area contributed by atoms with Crippen LogP contribution in [0.15, 0.2) is 152 Å². The van der Waals surface area contributed by atoms with Gasteiger partial charge in [-0.3, -0.25) is 0 Å². The molecule has 5 nitrogen and oxygen atoms in total. The standard InChI is InChI=1S/C45H25N5/c46-26-29-19-22-44-40(23-29)38-14-3-4-16-41(38)49(44)34-11-7-9-30(25-34)31-20-21-35(33(24-31)28-48)39-15-8-10-32(27-47)45(39)50-42-17-5-1-12-36(42)37-13-2-6-18-43(37)50/h1-25H. The third kappa shape index (κ3) is 4.31. The van der Waals surface area contributed by atoms with Crippen LogP contribution in [0.2, 0.25) is 0 Å². The summed E-state index contributed by atoms with van der Waals surface area (Å²) in [5.41, 5.74) is 10.9. The average molecular weight is 636 g/mol. The van der Waals surface area contributed by atoms with Gasteiger partial charge in [0.2, 0.25) is 0 Å². The van der Waals surface area contributed by atoms with Crippen LogP contribution in [-0.4, -0.2) is 9.13 Å². The molecule has 0 saturated carbocycles. The molecule has 0 saturated heterocycles. The van der Waals surface area contributed by atoms with Gasteiger partial charge in [0.05, 0.1) is 56.6 Å². The van der Waals surface area contributed by atoms with E-state index in [1.54, 1.807) is 0 Å². The third-order valence-electron chi connectivity index (χ3n) is 9.63. The van der Waals surface area contributed by atoms with Crippen LogP contribution in [0.4, 0.5) is 0 Å². The van der Waals surface area contributed by atoms with Crippen LogP contribution >= 0.6 is 0 Å². The minimum absolute atomic E-state index is 0.519. The molecule has 2 aromatic heterocycles. The van der Waals surface area contributed by atoms with E-state index in [2.05, 4.69) is 88.0 Å². The summed E-state index contributed by atoms with van der Waals surface area (Å²) < 4.78 is 4.38. The highest BCUT2D eigenvalue weighted by atomic mass is 15.0. The van der Waals surface area contributed by atoms with Crippen LogP contribution in [0.3, 0.4) is 0 Å². The highest BCUT2D eigenvalue weighted by molar-refractivity contribution is 6.11. The fraction of sp³-hybridized carbons (Fsp3) is 0. The van der Waals surface area contributed by atoms with Crippen molar-refractivity contribution in [2.24, 2.45) is 0 Å². The third-order valence-corrected chi connectivity index (χ3v) is 9.63. The molecule has 0 aliphatic heterocycles. The Bertz CT molecular complexity index is 2920. The van der Waals surface area contributed by atoms with Gasteiger partial charge in [-0.15, -0.1) is 0 Å². The van der Waals surface area contributed by atoms with Crippen molar-refractivity contribution in [3.05, 3.63) is 168 Å². The first-order chi connectivity index (χ1) is 24.7. The summed E-state index contributed by atoms with van der Waals surface area (Å²) in [4.78, 5) is 0. The second kappa shape index (κ2) is 11.4. The van der Waals surface area contributed by atoms with Crippen molar-refractivity contribution in [1.29, 1.82) is 15.8 Å². The molecule has 0 atom stereocenters. The van der Waals surface area contributed by atoms with Gasteiger partial charge in [-0.1, -0.05) is 91.0 Å². The number of hydrogen-bond donors (Lipinski definition) is 0. The van der Waals surface area contributed by atoms with Gasteiger partial charge in [-0.2, -0.15) is 15.8 Å². The van der Waals surface area contributed by atoms with Crippen LogP contribution in [0.5, 0.6) is 0 Å². The topological polar surface area (TPSA) is 81.2 Å². The lowest BCUT2D eigenvalue weighted by molar-refractivity contribution is 1.17. The fourth-order valence-corrected chi connectivity index (χ4v) is 7.45. The van der Waals surface area contributed by atoms with Crippen LogP contribution in [-0.2, 0) is 0 Å². The van der Waals surface area contributed by atoms with Crippen molar-refractivity contribution in [1.82, 2.24) is 9.13 Å². The predicted octanol–water partition coefficient (Wildman–Crippen LogP) is 10.8. The molecule has 0 aliphatic rings. The maximum Gasteiger partial charge on any atom is 0.101 e. The summed E-state index contributed by atoms with van der Waals surface area (Å²) in [6.45, 7) is 0. The van der Waals surface area contributed by atoms with E-state index in [0.29, 0.717) is 16.7 Å². The second-order valence-electron chi connectivity index (χ2n) is 12.3. The zero-order valence-electron chi connectivity index (χ0n) is 26.7. The Morgan fingerprint density at radius 2 is 0.980 bits per heavy atom. The number of nitrogens with zero attached hydrogens (tertiary/aromatic N) is 5. The molecule has 0 unspecified atom stereocenters. The normalized spacial score (nSPS) is 11.1. The van der Waals surface area contributed by atoms with Crippen LogP contribution in [0.1, 0.15) is 16.7 Å². The number of hydrogen-bond acceptors (Lipinski definition) is 3. The lowest BCUT2D eigenvalue weighted by atomic mass is 9.93. The smallest absolute Gasteiger partial charge is 0.101 e. The second-order valence-corrected chi connectivity index (χ2v) is 12.3. The number of nitriles is 3. The van der Waals surface area contributed by atoms with E-state index in [-0.39, 0.29) is 0 Å². The van der Waals surface area contributed by atoms with Crippen molar-refractivity contribution < 1.29 is 0 Å². The molecule has 5 heteroatoms. The summed E-state index contributed by atoms with van der Waals surface area (Å²) in [5.74, 6) is 0. The van der Waals surface area contributed by atoms with Crippen LogP contribution in [0.25, 0.3) is 77.2 Å². The number of para-hydroxylation sites is 4. The van der Waals surface area contributed by atoms with E-state index in [4.69, 9.17) is 0 Å². The molecule has 9 aromatic rings. The van der Waals surface area contributed by atoms with E-state index >= 15 is 0 Å². The van der Waals surface area contributed by atoms with E-state index in [1.807, 2.05) is 91.0 Å². The zero-order valence-corrected chi connectivity index (χ0v) is 26.7. The molecule has 0 spiro atoms. The van der Waals surface area contributed by atoms with E-state index in [0.717, 1.165) is 77.2 Å². The Kier molecular flexibility index (Phi) is 6.56. The van der Waals surface area contributed by atoms with Crippen molar-refractivity contribution >= 4 is 43.6 Å². The average Bonchev–Trinajstić information content (AvgIpc) is 3.70. The molecule has 0 aliphatic carbocycles. The van der Waals surface area contributed by atoms with Gasteiger partial charge >= 0.3 is 0 Å². The lowest BCUT2D eigenvalue weighted by Gasteiger charge is -2.17. The Morgan fingerprint density at radius 1 is 0.380 bits per heavy atom. The molecule has 0 radical (unpaired) electrons. The van der Waals surface area contributed by atoms with Gasteiger partial charge in [-0.05, 0) is 71.8 Å². The van der Waals surface area contributed by atoms with Crippen molar-refractivity contribution in [2.45, 2.75) is 0 Å². The van der Waals surface area contributed by atoms with Gasteiger partial charge in [0.25, 0.3) is 0 Å². The largest absolute Gasteiger partial charge is 0.309 e. The molecular weight excluding hydrogens is 611 g/mol. The minimum Gasteiger partial charge on any atom is -0.309 e. The fourth-order valence-electron chi connectivity index (χ4n) is 7.45. The molecule has 0 amide bonds. The maximum absolute atomic E-state index is 10.6. The molecule has 230 valence electrons. The monoisotopic (exact) mass is 635 g/mol. The first kappa shape index (κ1) is 28.8. The first-order valence-corrected chi connectivity index (χ1v) is 16.3. The van der Waals surface area contributed by atoms with Crippen LogP contribution in [0, 0.1) is 34.0 Å². The summed E-state index contributed by atoms with van der Waals surface area (Å²) in [6.07, 6.45) is 0. The number of benzene rings is 7. The van der Waals surface area contributed by atoms with Crippen LogP contribution < -0.4 is 0 Å². The van der Waals surface area contributed by atoms with Crippen molar-refractivity contribution in [3.63, 3.8) is 0 Å². The van der Waals surface area contributed by atoms with Gasteiger partial charge in [-0.25, -0.2) is 0 Å². The molecule has 0 fully saturated rings. The predicted molar refractivity (Wildman–Crippen MR) is 200 cm³/mol. The first-order valence-electron chi connectivity index (χ1n) is 16.3. The molecule has 0 N–H and O–H groups in total. The molecular formula is C45H25N5. The molecule has 2 heterocycles. The maximum atomic E-state index is 10.6. The van der Waals surface area contributed by atoms with E-state index in [9.17, 15) is 15.8 Å². The summed E-state index contributed by atoms with van der Waals surface area (Å²) in [5, 5.41) is 34.8. The molecule has 50 heavy (non-hydrogen) atoms. The summed E-state index contributed by atoms with van der Waals surface area (Å²) >= 11 is 0. The summed E-state index contributed by atoms with van der Waals surface area (Å²) in [6, 6.07) is 57.7. The molecule has 0 bridgehead atoms. The quantitative estimate of drug-likeness (QED) is 0.193. The van der Waals surface area contributed by atoms with E-state index in [1.165, 1.54) is 0 Å². The SMILES string of the molecule is N#Cc1ccc2c(c1)c1ccccc1n2-c1cccc(-c2ccc(-c3cccc(C#N)c3-n3c4ccccc4c4ccccc43)c(C#N)c2)c1. The highest BCUT2D eigenvalue weighted by Crippen LogP contribution is 2.40.